The van der Waals surface area contributed by atoms with Gasteiger partial charge in [0.2, 0.25) is 0 Å². The molecule has 0 unspecified atom stereocenters. The third-order valence-electron chi connectivity index (χ3n) is 4.08. The first-order chi connectivity index (χ1) is 11.9. The summed E-state index contributed by atoms with van der Waals surface area (Å²) in [6.07, 6.45) is 7.04. The molecule has 0 bridgehead atoms. The molecule has 4 heteroatoms. The zero-order valence-electron chi connectivity index (χ0n) is 12.6. The first-order valence-corrected chi connectivity index (χ1v) is 7.65. The summed E-state index contributed by atoms with van der Waals surface area (Å²) in [5.74, 6) is 1.66. The molecular weight excluding hydrogens is 300 g/mol. The Morgan fingerprint density at radius 2 is 0.958 bits per heavy atom. The van der Waals surface area contributed by atoms with E-state index < -0.39 is 0 Å². The Hall–Kier alpha value is -3.40. The fourth-order valence-electron chi connectivity index (χ4n) is 2.89. The Morgan fingerprint density at radius 1 is 0.542 bits per heavy atom. The average Bonchev–Trinajstić information content (AvgIpc) is 3.24. The van der Waals surface area contributed by atoms with Gasteiger partial charge in [-0.05, 0) is 48.5 Å². The minimum atomic E-state index is 0.828. The third kappa shape index (κ3) is 2.08. The van der Waals surface area contributed by atoms with Crippen LogP contribution in [0.15, 0.2) is 82.2 Å². The predicted octanol–water partition coefficient (Wildman–Crippen LogP) is 5.30. The van der Waals surface area contributed by atoms with Crippen LogP contribution < -0.4 is 0 Å². The Morgan fingerprint density at radius 3 is 1.38 bits per heavy atom. The normalized spacial score (nSPS) is 11.3. The molecule has 0 aliphatic carbocycles. The lowest BCUT2D eigenvalue weighted by atomic mass is 10.1. The Bertz CT molecular complexity index is 1000. The number of nitrogens with zero attached hydrogens (tertiary/aromatic N) is 2. The third-order valence-corrected chi connectivity index (χ3v) is 4.08. The van der Waals surface area contributed by atoms with Gasteiger partial charge in [0.05, 0.1) is 0 Å². The van der Waals surface area contributed by atoms with Crippen molar-refractivity contribution in [1.29, 1.82) is 0 Å². The molecule has 4 aromatic heterocycles. The van der Waals surface area contributed by atoms with Crippen LogP contribution in [0.2, 0.25) is 0 Å². The van der Waals surface area contributed by atoms with E-state index >= 15 is 0 Å². The van der Waals surface area contributed by atoms with Gasteiger partial charge in [-0.2, -0.15) is 0 Å². The van der Waals surface area contributed by atoms with Crippen LogP contribution in [0.4, 0.5) is 0 Å². The molecule has 0 atom stereocenters. The van der Waals surface area contributed by atoms with Gasteiger partial charge in [-0.25, -0.2) is 0 Å². The first-order valence-electron chi connectivity index (χ1n) is 7.65. The lowest BCUT2D eigenvalue weighted by Crippen LogP contribution is -1.73. The fourth-order valence-corrected chi connectivity index (χ4v) is 2.89. The van der Waals surface area contributed by atoms with Crippen molar-refractivity contribution in [3.8, 4) is 22.6 Å². The number of benzene rings is 1. The second kappa shape index (κ2) is 5.06. The van der Waals surface area contributed by atoms with E-state index in [-0.39, 0.29) is 0 Å². The molecule has 0 fully saturated rings. The maximum absolute atomic E-state index is 6.00. The monoisotopic (exact) mass is 312 g/mol. The summed E-state index contributed by atoms with van der Waals surface area (Å²) < 4.78 is 12.0. The second-order valence-electron chi connectivity index (χ2n) is 5.62. The van der Waals surface area contributed by atoms with E-state index in [0.717, 1.165) is 44.6 Å². The van der Waals surface area contributed by atoms with Crippen molar-refractivity contribution in [2.24, 2.45) is 0 Å². The van der Waals surface area contributed by atoms with E-state index in [2.05, 4.69) is 9.97 Å². The Labute approximate surface area is 137 Å². The van der Waals surface area contributed by atoms with Crippen molar-refractivity contribution < 1.29 is 8.83 Å². The van der Waals surface area contributed by atoms with Crippen molar-refractivity contribution in [3.63, 3.8) is 0 Å². The lowest BCUT2D eigenvalue weighted by Gasteiger charge is -1.93. The molecule has 0 radical (unpaired) electrons. The van der Waals surface area contributed by atoms with Gasteiger partial charge in [-0.1, -0.05) is 0 Å². The number of aromatic nitrogens is 2. The molecule has 0 aliphatic rings. The number of fused-ring (bicyclic) bond motifs is 2. The van der Waals surface area contributed by atoms with E-state index in [1.165, 1.54) is 0 Å². The molecule has 0 saturated heterocycles. The van der Waals surface area contributed by atoms with E-state index in [1.54, 1.807) is 24.8 Å². The molecule has 0 spiro atoms. The van der Waals surface area contributed by atoms with Gasteiger partial charge < -0.3 is 8.83 Å². The highest BCUT2D eigenvalue weighted by Crippen LogP contribution is 2.34. The number of rotatable bonds is 2. The highest BCUT2D eigenvalue weighted by atomic mass is 16.3. The fraction of sp³-hybridized carbons (Fsp3) is 0. The van der Waals surface area contributed by atoms with Crippen LogP contribution in [-0.2, 0) is 0 Å². The van der Waals surface area contributed by atoms with Crippen LogP contribution >= 0.6 is 0 Å². The Kier molecular flexibility index (Phi) is 2.76. The smallest absolute Gasteiger partial charge is 0.135 e. The maximum Gasteiger partial charge on any atom is 0.135 e. The highest BCUT2D eigenvalue weighted by Gasteiger charge is 2.11. The van der Waals surface area contributed by atoms with Gasteiger partial charge in [0.1, 0.15) is 22.7 Å². The predicted molar refractivity (Wildman–Crippen MR) is 92.4 cm³/mol. The zero-order valence-corrected chi connectivity index (χ0v) is 12.6. The summed E-state index contributed by atoms with van der Waals surface area (Å²) in [6, 6.07) is 15.8. The first kappa shape index (κ1) is 13.1. The van der Waals surface area contributed by atoms with Gasteiger partial charge in [-0.15, -0.1) is 0 Å². The number of furan rings is 2. The van der Waals surface area contributed by atoms with Crippen molar-refractivity contribution in [2.45, 2.75) is 0 Å². The topological polar surface area (TPSA) is 52.1 Å². The summed E-state index contributed by atoms with van der Waals surface area (Å²) in [6.45, 7) is 0. The van der Waals surface area contributed by atoms with Crippen molar-refractivity contribution in [2.75, 3.05) is 0 Å². The number of hydrogen-bond donors (Lipinski definition) is 0. The summed E-state index contributed by atoms with van der Waals surface area (Å²) in [7, 11) is 0. The van der Waals surface area contributed by atoms with Crippen molar-refractivity contribution >= 4 is 21.9 Å². The summed E-state index contributed by atoms with van der Waals surface area (Å²) >= 11 is 0. The lowest BCUT2D eigenvalue weighted by molar-refractivity contribution is 0.627. The molecule has 24 heavy (non-hydrogen) atoms. The summed E-state index contributed by atoms with van der Waals surface area (Å²) in [4.78, 5) is 8.08. The average molecular weight is 312 g/mol. The summed E-state index contributed by atoms with van der Waals surface area (Å²) in [5.41, 5.74) is 3.71. The molecule has 1 aromatic carbocycles. The second-order valence-corrected chi connectivity index (χ2v) is 5.62. The molecule has 5 aromatic rings. The van der Waals surface area contributed by atoms with Gasteiger partial charge in [0.15, 0.2) is 0 Å². The highest BCUT2D eigenvalue weighted by molar-refractivity contribution is 5.96. The number of hydrogen-bond acceptors (Lipinski definition) is 4. The van der Waals surface area contributed by atoms with Crippen molar-refractivity contribution in [3.05, 3.63) is 73.3 Å². The van der Waals surface area contributed by atoms with Gasteiger partial charge in [0, 0.05) is 46.7 Å². The van der Waals surface area contributed by atoms with Gasteiger partial charge in [0.25, 0.3) is 0 Å². The SMILES string of the molecule is c1cc(-c2cc3cc4oc(-c5ccncc5)cc4cc3o2)ccn1. The molecule has 0 N–H and O–H groups in total. The van der Waals surface area contributed by atoms with E-state index in [0.29, 0.717) is 0 Å². The van der Waals surface area contributed by atoms with E-state index in [1.807, 2.05) is 48.5 Å². The molecule has 0 amide bonds. The van der Waals surface area contributed by atoms with Gasteiger partial charge in [-0.3, -0.25) is 9.97 Å². The molecule has 5 rings (SSSR count). The molecule has 114 valence electrons. The van der Waals surface area contributed by atoms with Crippen LogP contribution in [0, 0.1) is 0 Å². The largest absolute Gasteiger partial charge is 0.456 e. The van der Waals surface area contributed by atoms with Crippen LogP contribution in [0.3, 0.4) is 0 Å². The minimum absolute atomic E-state index is 0.828. The standard InChI is InChI=1S/C20H12N2O2/c1-5-21-6-2-13(1)17-9-15-11-20-16(12-19(15)23-17)10-18(24-20)14-3-7-22-8-4-14/h1-12H. The molecule has 0 saturated carbocycles. The van der Waals surface area contributed by atoms with Crippen LogP contribution in [0.1, 0.15) is 0 Å². The maximum atomic E-state index is 6.00. The number of pyridine rings is 2. The quantitative estimate of drug-likeness (QED) is 0.443. The van der Waals surface area contributed by atoms with Crippen molar-refractivity contribution in [1.82, 2.24) is 9.97 Å². The molecular formula is C20H12N2O2. The zero-order chi connectivity index (χ0) is 15.9. The van der Waals surface area contributed by atoms with Crippen LogP contribution in [0.25, 0.3) is 44.6 Å². The molecule has 0 aliphatic heterocycles. The summed E-state index contributed by atoms with van der Waals surface area (Å²) in [5, 5.41) is 2.04. The van der Waals surface area contributed by atoms with E-state index in [9.17, 15) is 0 Å². The Balaban J connectivity index is 1.65. The van der Waals surface area contributed by atoms with Gasteiger partial charge >= 0.3 is 0 Å². The van der Waals surface area contributed by atoms with E-state index in [4.69, 9.17) is 8.83 Å². The molecule has 4 nitrogen and oxygen atoms in total. The minimum Gasteiger partial charge on any atom is -0.456 e. The molecule has 4 heterocycles. The van der Waals surface area contributed by atoms with Crippen LogP contribution in [0.5, 0.6) is 0 Å². The van der Waals surface area contributed by atoms with Crippen LogP contribution in [-0.4, -0.2) is 9.97 Å².